The van der Waals surface area contributed by atoms with E-state index < -0.39 is 0 Å². The Kier molecular flexibility index (Phi) is 5.73. The molecule has 0 saturated carbocycles. The number of nitrogens with one attached hydrogen (secondary N) is 1. The van der Waals surface area contributed by atoms with Crippen molar-refractivity contribution in [3.05, 3.63) is 53.3 Å². The van der Waals surface area contributed by atoms with E-state index in [1.54, 1.807) is 7.11 Å². The molecule has 6 nitrogen and oxygen atoms in total. The first-order valence-electron chi connectivity index (χ1n) is 8.77. The van der Waals surface area contributed by atoms with Crippen LogP contribution in [0.2, 0.25) is 0 Å². The van der Waals surface area contributed by atoms with Crippen molar-refractivity contribution in [1.82, 2.24) is 9.88 Å². The smallest absolute Gasteiger partial charge is 0.227 e. The maximum absolute atomic E-state index is 12.7. The standard InChI is InChI=1S/C20H25N3O3/c1-14-9-16(21-2)12-18(22-14)19-13-23(7-8-26-19)20(24)11-15-5-4-6-17(10-15)25-3/h4-6,9-10,12,19H,7-8,11,13H2,1-3H3,(H,21,22)/t19-/m0/s1. The van der Waals surface area contributed by atoms with Crippen molar-refractivity contribution in [3.63, 3.8) is 0 Å². The van der Waals surface area contributed by atoms with Crippen LogP contribution in [0, 0.1) is 6.92 Å². The number of carbonyl (C=O) groups is 1. The Balaban J connectivity index is 1.69. The van der Waals surface area contributed by atoms with Crippen molar-refractivity contribution in [2.45, 2.75) is 19.4 Å². The van der Waals surface area contributed by atoms with Gasteiger partial charge in [0.1, 0.15) is 11.9 Å². The highest BCUT2D eigenvalue weighted by atomic mass is 16.5. The highest BCUT2D eigenvalue weighted by Crippen LogP contribution is 2.24. The fourth-order valence-corrected chi connectivity index (χ4v) is 3.13. The van der Waals surface area contributed by atoms with Crippen LogP contribution in [-0.2, 0) is 16.0 Å². The lowest BCUT2D eigenvalue weighted by molar-refractivity contribution is -0.138. The molecule has 3 rings (SSSR count). The third-order valence-corrected chi connectivity index (χ3v) is 4.50. The maximum atomic E-state index is 12.7. The predicted molar refractivity (Wildman–Crippen MR) is 100 cm³/mol. The summed E-state index contributed by atoms with van der Waals surface area (Å²) in [4.78, 5) is 19.2. The van der Waals surface area contributed by atoms with E-state index in [0.29, 0.717) is 26.1 Å². The number of hydrogen-bond donors (Lipinski definition) is 1. The molecular formula is C20H25N3O3. The number of morpholine rings is 1. The highest BCUT2D eigenvalue weighted by Gasteiger charge is 2.26. The summed E-state index contributed by atoms with van der Waals surface area (Å²) in [7, 11) is 3.51. The van der Waals surface area contributed by atoms with Crippen molar-refractivity contribution in [1.29, 1.82) is 0 Å². The third-order valence-electron chi connectivity index (χ3n) is 4.50. The molecule has 1 aromatic carbocycles. The third kappa shape index (κ3) is 4.32. The maximum Gasteiger partial charge on any atom is 0.227 e. The van der Waals surface area contributed by atoms with E-state index in [1.807, 2.05) is 55.3 Å². The lowest BCUT2D eigenvalue weighted by Crippen LogP contribution is -2.43. The number of aromatic nitrogens is 1. The summed E-state index contributed by atoms with van der Waals surface area (Å²) in [6.07, 6.45) is 0.150. The Morgan fingerprint density at radius 2 is 2.23 bits per heavy atom. The van der Waals surface area contributed by atoms with E-state index in [0.717, 1.165) is 28.4 Å². The average Bonchev–Trinajstić information content (AvgIpc) is 2.67. The summed E-state index contributed by atoms with van der Waals surface area (Å²) < 4.78 is 11.1. The summed E-state index contributed by atoms with van der Waals surface area (Å²) in [6, 6.07) is 11.6. The number of hydrogen-bond acceptors (Lipinski definition) is 5. The molecule has 6 heteroatoms. The molecule has 1 saturated heterocycles. The Hall–Kier alpha value is -2.60. The van der Waals surface area contributed by atoms with Crippen LogP contribution >= 0.6 is 0 Å². The minimum absolute atomic E-state index is 0.0908. The zero-order chi connectivity index (χ0) is 18.5. The van der Waals surface area contributed by atoms with Gasteiger partial charge in [-0.25, -0.2) is 0 Å². The Morgan fingerprint density at radius 1 is 1.38 bits per heavy atom. The topological polar surface area (TPSA) is 63.7 Å². The second-order valence-corrected chi connectivity index (χ2v) is 6.40. The number of carbonyl (C=O) groups excluding carboxylic acids is 1. The molecule has 0 aliphatic carbocycles. The molecule has 1 N–H and O–H groups in total. The number of aryl methyl sites for hydroxylation is 1. The first-order valence-corrected chi connectivity index (χ1v) is 8.77. The van der Waals surface area contributed by atoms with Gasteiger partial charge in [-0.05, 0) is 36.8 Å². The molecule has 1 aromatic heterocycles. The number of amides is 1. The highest BCUT2D eigenvalue weighted by molar-refractivity contribution is 5.79. The Bertz CT molecular complexity index is 779. The fourth-order valence-electron chi connectivity index (χ4n) is 3.13. The number of methoxy groups -OCH3 is 1. The van der Waals surface area contributed by atoms with Gasteiger partial charge in [0.05, 0.1) is 32.4 Å². The Labute approximate surface area is 154 Å². The monoisotopic (exact) mass is 355 g/mol. The van der Waals surface area contributed by atoms with Gasteiger partial charge < -0.3 is 19.7 Å². The van der Waals surface area contributed by atoms with E-state index in [2.05, 4.69) is 10.3 Å². The average molecular weight is 355 g/mol. The van der Waals surface area contributed by atoms with Gasteiger partial charge in [0.2, 0.25) is 5.91 Å². The molecule has 26 heavy (non-hydrogen) atoms. The van der Waals surface area contributed by atoms with Gasteiger partial charge in [-0.15, -0.1) is 0 Å². The minimum atomic E-state index is -0.204. The number of benzene rings is 1. The molecule has 1 aliphatic rings. The summed E-state index contributed by atoms with van der Waals surface area (Å²) in [5.41, 5.74) is 3.72. The van der Waals surface area contributed by atoms with E-state index in [9.17, 15) is 4.79 Å². The van der Waals surface area contributed by atoms with Crippen molar-refractivity contribution in [3.8, 4) is 5.75 Å². The van der Waals surface area contributed by atoms with E-state index in [1.165, 1.54) is 0 Å². The molecule has 138 valence electrons. The second-order valence-electron chi connectivity index (χ2n) is 6.40. The van der Waals surface area contributed by atoms with Crippen LogP contribution in [0.3, 0.4) is 0 Å². The van der Waals surface area contributed by atoms with Crippen LogP contribution in [-0.4, -0.2) is 49.6 Å². The van der Waals surface area contributed by atoms with Gasteiger partial charge in [-0.1, -0.05) is 12.1 Å². The molecule has 0 unspecified atom stereocenters. The van der Waals surface area contributed by atoms with Gasteiger partial charge in [0, 0.05) is 25.0 Å². The second kappa shape index (κ2) is 8.19. The lowest BCUT2D eigenvalue weighted by Gasteiger charge is -2.33. The van der Waals surface area contributed by atoms with Crippen LogP contribution in [0.25, 0.3) is 0 Å². The van der Waals surface area contributed by atoms with E-state index >= 15 is 0 Å². The lowest BCUT2D eigenvalue weighted by atomic mass is 10.1. The van der Waals surface area contributed by atoms with Gasteiger partial charge in [-0.2, -0.15) is 0 Å². The molecule has 1 fully saturated rings. The van der Waals surface area contributed by atoms with Crippen LogP contribution in [0.4, 0.5) is 5.69 Å². The van der Waals surface area contributed by atoms with E-state index in [4.69, 9.17) is 9.47 Å². The fraction of sp³-hybridized carbons (Fsp3) is 0.400. The molecule has 2 heterocycles. The van der Waals surface area contributed by atoms with Crippen LogP contribution in [0.1, 0.15) is 23.1 Å². The van der Waals surface area contributed by atoms with Crippen LogP contribution in [0.15, 0.2) is 36.4 Å². The zero-order valence-electron chi connectivity index (χ0n) is 15.5. The molecule has 2 aromatic rings. The number of pyridine rings is 1. The van der Waals surface area contributed by atoms with Crippen molar-refractivity contribution in [2.24, 2.45) is 0 Å². The molecule has 1 atom stereocenters. The molecule has 0 spiro atoms. The van der Waals surface area contributed by atoms with Crippen molar-refractivity contribution < 1.29 is 14.3 Å². The summed E-state index contributed by atoms with van der Waals surface area (Å²) in [5.74, 6) is 0.853. The molecule has 0 radical (unpaired) electrons. The zero-order valence-corrected chi connectivity index (χ0v) is 15.5. The van der Waals surface area contributed by atoms with Gasteiger partial charge in [0.25, 0.3) is 0 Å². The number of rotatable bonds is 5. The van der Waals surface area contributed by atoms with Crippen LogP contribution in [0.5, 0.6) is 5.75 Å². The van der Waals surface area contributed by atoms with Crippen LogP contribution < -0.4 is 10.1 Å². The quantitative estimate of drug-likeness (QED) is 0.893. The summed E-state index contributed by atoms with van der Waals surface area (Å²) in [5, 5.41) is 3.14. The van der Waals surface area contributed by atoms with Gasteiger partial charge in [0.15, 0.2) is 0 Å². The van der Waals surface area contributed by atoms with Crippen molar-refractivity contribution in [2.75, 3.05) is 39.2 Å². The number of ether oxygens (including phenoxy) is 2. The largest absolute Gasteiger partial charge is 0.497 e. The predicted octanol–water partition coefficient (Wildman–Crippen LogP) is 2.58. The molecule has 0 bridgehead atoms. The molecular weight excluding hydrogens is 330 g/mol. The number of anilines is 1. The molecule has 1 aliphatic heterocycles. The van der Waals surface area contributed by atoms with Gasteiger partial charge >= 0.3 is 0 Å². The first kappa shape index (κ1) is 18.2. The molecule has 1 amide bonds. The number of nitrogens with zero attached hydrogens (tertiary/aromatic N) is 2. The summed E-state index contributed by atoms with van der Waals surface area (Å²) >= 11 is 0. The Morgan fingerprint density at radius 3 is 3.00 bits per heavy atom. The summed E-state index contributed by atoms with van der Waals surface area (Å²) in [6.45, 7) is 3.59. The van der Waals surface area contributed by atoms with E-state index in [-0.39, 0.29) is 12.0 Å². The first-order chi connectivity index (χ1) is 12.6. The minimum Gasteiger partial charge on any atom is -0.497 e. The SMILES string of the molecule is CNc1cc(C)nc([C@@H]2CN(C(=O)Cc3cccc(OC)c3)CCO2)c1. The normalized spacial score (nSPS) is 17.0. The van der Waals surface area contributed by atoms with Gasteiger partial charge in [-0.3, -0.25) is 9.78 Å². The van der Waals surface area contributed by atoms with Crippen molar-refractivity contribution >= 4 is 11.6 Å².